The minimum atomic E-state index is 0.430. The summed E-state index contributed by atoms with van der Waals surface area (Å²) in [5.74, 6) is 0.755. The van der Waals surface area contributed by atoms with Crippen LogP contribution < -0.4 is 10.1 Å². The van der Waals surface area contributed by atoms with Crippen molar-refractivity contribution in [3.8, 4) is 10.9 Å². The van der Waals surface area contributed by atoms with Gasteiger partial charge in [0.25, 0.3) is 5.19 Å². The summed E-state index contributed by atoms with van der Waals surface area (Å²) in [4.78, 5) is 0. The zero-order chi connectivity index (χ0) is 13.8. The van der Waals surface area contributed by atoms with Crippen LogP contribution in [0.25, 0.3) is 0 Å². The van der Waals surface area contributed by atoms with Gasteiger partial charge in [-0.05, 0) is 40.5 Å². The fourth-order valence-electron chi connectivity index (χ4n) is 1.43. The largest absolute Gasteiger partial charge is 0.429 e. The van der Waals surface area contributed by atoms with E-state index in [2.05, 4.69) is 45.3 Å². The molecule has 0 unspecified atom stereocenters. The van der Waals surface area contributed by atoms with E-state index in [1.54, 1.807) is 0 Å². The summed E-state index contributed by atoms with van der Waals surface area (Å²) in [6.07, 6.45) is 0. The van der Waals surface area contributed by atoms with E-state index in [9.17, 15) is 0 Å². The number of rotatable bonds is 5. The minimum Gasteiger partial charge on any atom is -0.429 e. The van der Waals surface area contributed by atoms with Crippen LogP contribution in [0.4, 0.5) is 0 Å². The van der Waals surface area contributed by atoms with Crippen LogP contribution in [0, 0.1) is 6.92 Å². The summed E-state index contributed by atoms with van der Waals surface area (Å²) in [5, 5.41) is 12.9. The average molecular weight is 342 g/mol. The van der Waals surface area contributed by atoms with Gasteiger partial charge in [0.15, 0.2) is 0 Å². The molecule has 0 aliphatic rings. The molecule has 0 radical (unpaired) electrons. The first-order valence-electron chi connectivity index (χ1n) is 6.04. The SMILES string of the molecule is Cc1ccc(Oc2nnc(CNC(C)C)s2)c(Br)c1. The maximum Gasteiger partial charge on any atom is 0.299 e. The van der Waals surface area contributed by atoms with Gasteiger partial charge in [0, 0.05) is 6.04 Å². The van der Waals surface area contributed by atoms with E-state index in [0.717, 1.165) is 15.2 Å². The Bertz CT molecular complexity index is 557. The molecule has 102 valence electrons. The van der Waals surface area contributed by atoms with Crippen LogP contribution >= 0.6 is 27.3 Å². The molecular weight excluding hydrogens is 326 g/mol. The third kappa shape index (κ3) is 4.26. The van der Waals surface area contributed by atoms with Crippen LogP contribution in [-0.4, -0.2) is 16.2 Å². The van der Waals surface area contributed by atoms with Crippen molar-refractivity contribution in [1.82, 2.24) is 15.5 Å². The molecule has 1 aromatic carbocycles. The lowest BCUT2D eigenvalue weighted by Gasteiger charge is -2.05. The van der Waals surface area contributed by atoms with E-state index < -0.39 is 0 Å². The van der Waals surface area contributed by atoms with Crippen LogP contribution in [0.1, 0.15) is 24.4 Å². The highest BCUT2D eigenvalue weighted by Crippen LogP contribution is 2.31. The highest BCUT2D eigenvalue weighted by Gasteiger charge is 2.09. The Morgan fingerprint density at radius 1 is 1.37 bits per heavy atom. The van der Waals surface area contributed by atoms with E-state index >= 15 is 0 Å². The highest BCUT2D eigenvalue weighted by atomic mass is 79.9. The Balaban J connectivity index is 2.03. The van der Waals surface area contributed by atoms with Gasteiger partial charge in [-0.15, -0.1) is 5.10 Å². The van der Waals surface area contributed by atoms with E-state index in [1.807, 2.05) is 25.1 Å². The first kappa shape index (κ1) is 14.4. The lowest BCUT2D eigenvalue weighted by atomic mass is 10.2. The van der Waals surface area contributed by atoms with Crippen molar-refractivity contribution < 1.29 is 4.74 Å². The monoisotopic (exact) mass is 341 g/mol. The molecule has 0 saturated heterocycles. The lowest BCUT2D eigenvalue weighted by Crippen LogP contribution is -2.21. The Labute approximate surface area is 125 Å². The molecule has 0 spiro atoms. The predicted molar refractivity (Wildman–Crippen MR) is 80.8 cm³/mol. The molecular formula is C13H16BrN3OS. The van der Waals surface area contributed by atoms with Gasteiger partial charge < -0.3 is 10.1 Å². The average Bonchev–Trinajstić information content (AvgIpc) is 2.78. The van der Waals surface area contributed by atoms with E-state index in [4.69, 9.17) is 4.74 Å². The summed E-state index contributed by atoms with van der Waals surface area (Å²) in [6.45, 7) is 6.95. The van der Waals surface area contributed by atoms with Gasteiger partial charge in [0.1, 0.15) is 10.8 Å². The summed E-state index contributed by atoms with van der Waals surface area (Å²) >= 11 is 4.94. The molecule has 1 heterocycles. The molecule has 1 aromatic heterocycles. The van der Waals surface area contributed by atoms with Crippen molar-refractivity contribution in [2.24, 2.45) is 0 Å². The summed E-state index contributed by atoms with van der Waals surface area (Å²) < 4.78 is 6.64. The number of ether oxygens (including phenoxy) is 1. The van der Waals surface area contributed by atoms with Gasteiger partial charge in [0.05, 0.1) is 11.0 Å². The molecule has 0 saturated carbocycles. The molecule has 0 bridgehead atoms. The Kier molecular flexibility index (Phi) is 4.90. The van der Waals surface area contributed by atoms with Crippen molar-refractivity contribution in [2.75, 3.05) is 0 Å². The third-order valence-corrected chi connectivity index (χ3v) is 3.82. The van der Waals surface area contributed by atoms with Crippen LogP contribution in [0.15, 0.2) is 22.7 Å². The predicted octanol–water partition coefficient (Wildman–Crippen LogP) is 3.90. The fourth-order valence-corrected chi connectivity index (χ4v) is 2.65. The lowest BCUT2D eigenvalue weighted by molar-refractivity contribution is 0.470. The fraction of sp³-hybridized carbons (Fsp3) is 0.385. The molecule has 0 fully saturated rings. The molecule has 19 heavy (non-hydrogen) atoms. The van der Waals surface area contributed by atoms with Gasteiger partial charge in [-0.2, -0.15) is 0 Å². The molecule has 0 atom stereocenters. The number of aryl methyl sites for hydroxylation is 1. The quantitative estimate of drug-likeness (QED) is 0.895. The molecule has 4 nitrogen and oxygen atoms in total. The first-order chi connectivity index (χ1) is 9.04. The number of hydrogen-bond donors (Lipinski definition) is 1. The number of benzene rings is 1. The zero-order valence-electron chi connectivity index (χ0n) is 11.1. The molecule has 0 amide bonds. The number of aromatic nitrogens is 2. The second kappa shape index (κ2) is 6.45. The zero-order valence-corrected chi connectivity index (χ0v) is 13.5. The Morgan fingerprint density at radius 3 is 2.84 bits per heavy atom. The second-order valence-electron chi connectivity index (χ2n) is 4.53. The van der Waals surface area contributed by atoms with Crippen LogP contribution in [0.2, 0.25) is 0 Å². The van der Waals surface area contributed by atoms with Crippen molar-refractivity contribution in [2.45, 2.75) is 33.4 Å². The molecule has 2 rings (SSSR count). The van der Waals surface area contributed by atoms with Crippen molar-refractivity contribution in [1.29, 1.82) is 0 Å². The Morgan fingerprint density at radius 2 is 2.16 bits per heavy atom. The minimum absolute atomic E-state index is 0.430. The number of nitrogens with one attached hydrogen (secondary N) is 1. The van der Waals surface area contributed by atoms with Crippen molar-refractivity contribution >= 4 is 27.3 Å². The van der Waals surface area contributed by atoms with Gasteiger partial charge >= 0.3 is 0 Å². The normalized spacial score (nSPS) is 11.0. The Hall–Kier alpha value is -0.980. The molecule has 1 N–H and O–H groups in total. The van der Waals surface area contributed by atoms with Crippen LogP contribution in [-0.2, 0) is 6.54 Å². The van der Waals surface area contributed by atoms with Gasteiger partial charge in [0.2, 0.25) is 0 Å². The molecule has 0 aliphatic heterocycles. The maximum absolute atomic E-state index is 5.72. The third-order valence-electron chi connectivity index (χ3n) is 2.39. The van der Waals surface area contributed by atoms with Crippen LogP contribution in [0.5, 0.6) is 10.9 Å². The van der Waals surface area contributed by atoms with Crippen molar-refractivity contribution in [3.05, 3.63) is 33.2 Å². The topological polar surface area (TPSA) is 47.0 Å². The summed E-state index contributed by atoms with van der Waals surface area (Å²) in [6, 6.07) is 6.37. The van der Waals surface area contributed by atoms with Gasteiger partial charge in [-0.25, -0.2) is 0 Å². The summed E-state index contributed by atoms with van der Waals surface area (Å²) in [5.41, 5.74) is 1.18. The smallest absolute Gasteiger partial charge is 0.299 e. The number of hydrogen-bond acceptors (Lipinski definition) is 5. The standard InChI is InChI=1S/C13H16BrN3OS/c1-8(2)15-7-12-16-17-13(19-12)18-11-5-4-9(3)6-10(11)14/h4-6,8,15H,7H2,1-3H3. The number of halogens is 1. The van der Waals surface area contributed by atoms with Crippen molar-refractivity contribution in [3.63, 3.8) is 0 Å². The van der Waals surface area contributed by atoms with Crippen LogP contribution in [0.3, 0.4) is 0 Å². The molecule has 2 aromatic rings. The summed E-state index contributed by atoms with van der Waals surface area (Å²) in [7, 11) is 0. The van der Waals surface area contributed by atoms with E-state index in [0.29, 0.717) is 17.8 Å². The first-order valence-corrected chi connectivity index (χ1v) is 7.65. The van der Waals surface area contributed by atoms with Gasteiger partial charge in [-0.1, -0.05) is 36.3 Å². The maximum atomic E-state index is 5.72. The molecule has 6 heteroatoms. The highest BCUT2D eigenvalue weighted by molar-refractivity contribution is 9.10. The number of nitrogens with zero attached hydrogens (tertiary/aromatic N) is 2. The molecule has 0 aliphatic carbocycles. The van der Waals surface area contributed by atoms with E-state index in [1.165, 1.54) is 16.9 Å². The van der Waals surface area contributed by atoms with E-state index in [-0.39, 0.29) is 0 Å². The van der Waals surface area contributed by atoms with Gasteiger partial charge in [-0.3, -0.25) is 0 Å². The second-order valence-corrected chi connectivity index (χ2v) is 6.41.